The first kappa shape index (κ1) is 39.8. The van der Waals surface area contributed by atoms with Gasteiger partial charge >= 0.3 is 0 Å². The van der Waals surface area contributed by atoms with Crippen LogP contribution in [0.4, 0.5) is 0 Å². The van der Waals surface area contributed by atoms with Crippen LogP contribution < -0.4 is 0 Å². The minimum Gasteiger partial charge on any atom is -0.308 e. The van der Waals surface area contributed by atoms with Crippen LogP contribution in [0, 0.1) is 0 Å². The molecule has 0 spiro atoms. The third-order valence-corrected chi connectivity index (χ3v) is 14.2. The highest BCUT2D eigenvalue weighted by Gasteiger charge is 2.28. The van der Waals surface area contributed by atoms with Crippen molar-refractivity contribution >= 4 is 54.1 Å². The number of rotatable bonds is 8. The molecule has 326 valence electrons. The van der Waals surface area contributed by atoms with E-state index >= 15 is 0 Å². The Morgan fingerprint density at radius 1 is 0.271 bits per heavy atom. The van der Waals surface area contributed by atoms with Gasteiger partial charge in [0, 0.05) is 68.8 Å². The van der Waals surface area contributed by atoms with E-state index in [9.17, 15) is 0 Å². The maximum atomic E-state index is 4.43. The molecule has 4 heterocycles. The molecule has 14 aromatic rings. The zero-order valence-corrected chi connectivity index (χ0v) is 38.0. The summed E-state index contributed by atoms with van der Waals surface area (Å²) < 4.78 is 5.05. The summed E-state index contributed by atoms with van der Waals surface area (Å²) in [4.78, 5) is 8.86. The van der Waals surface area contributed by atoms with Crippen molar-refractivity contribution in [3.05, 3.63) is 255 Å². The first-order chi connectivity index (χ1) is 34.8. The van der Waals surface area contributed by atoms with E-state index in [0.717, 1.165) is 56.1 Å². The van der Waals surface area contributed by atoms with Gasteiger partial charge in [0.05, 0.1) is 22.4 Å². The Balaban J connectivity index is 1.12. The van der Waals surface area contributed by atoms with E-state index in [1.165, 1.54) is 76.4 Å². The van der Waals surface area contributed by atoms with Gasteiger partial charge < -0.3 is 9.13 Å². The molecule has 0 fully saturated rings. The molecule has 0 aliphatic heterocycles. The largest absolute Gasteiger partial charge is 0.308 e. The number of nitrogens with zero attached hydrogens (tertiary/aromatic N) is 4. The fourth-order valence-electron chi connectivity index (χ4n) is 11.2. The van der Waals surface area contributed by atoms with Crippen LogP contribution in [0.5, 0.6) is 0 Å². The molecule has 0 aliphatic rings. The van der Waals surface area contributed by atoms with Crippen molar-refractivity contribution in [2.24, 2.45) is 0 Å². The van der Waals surface area contributed by atoms with E-state index in [1.54, 1.807) is 0 Å². The average molecular weight is 891 g/mol. The van der Waals surface area contributed by atoms with Crippen LogP contribution in [0.3, 0.4) is 0 Å². The maximum absolute atomic E-state index is 4.43. The summed E-state index contributed by atoms with van der Waals surface area (Å²) in [5.41, 5.74) is 18.4. The van der Waals surface area contributed by atoms with Gasteiger partial charge in [0.2, 0.25) is 0 Å². The summed E-state index contributed by atoms with van der Waals surface area (Å²) in [5, 5.41) is 9.81. The van der Waals surface area contributed by atoms with E-state index in [-0.39, 0.29) is 0 Å². The Morgan fingerprint density at radius 3 is 0.986 bits per heavy atom. The molecule has 4 heteroatoms. The molecule has 70 heavy (non-hydrogen) atoms. The average Bonchev–Trinajstić information content (AvgIpc) is 3.97. The molecule has 14 rings (SSSR count). The second-order valence-electron chi connectivity index (χ2n) is 18.1. The summed E-state index contributed by atoms with van der Waals surface area (Å²) in [6.07, 6.45) is 7.52. The highest BCUT2D eigenvalue weighted by molar-refractivity contribution is 6.35. The molecule has 0 bridgehead atoms. The van der Waals surface area contributed by atoms with Crippen LogP contribution >= 0.6 is 0 Å². The predicted molar refractivity (Wildman–Crippen MR) is 292 cm³/mol. The van der Waals surface area contributed by atoms with Crippen molar-refractivity contribution in [3.8, 4) is 78.4 Å². The molecule has 0 radical (unpaired) electrons. The van der Waals surface area contributed by atoms with Gasteiger partial charge in [-0.2, -0.15) is 0 Å². The Hall–Kier alpha value is -9.38. The molecule has 0 amide bonds. The Labute approximate surface area is 405 Å². The lowest BCUT2D eigenvalue weighted by molar-refractivity contribution is 1.14. The Morgan fingerprint density at radius 2 is 0.629 bits per heavy atom. The van der Waals surface area contributed by atoms with E-state index in [0.29, 0.717) is 0 Å². The van der Waals surface area contributed by atoms with Crippen LogP contribution in [0.1, 0.15) is 0 Å². The maximum Gasteiger partial charge on any atom is 0.0620 e. The summed E-state index contributed by atoms with van der Waals surface area (Å²) in [6.45, 7) is 0. The van der Waals surface area contributed by atoms with Gasteiger partial charge in [-0.05, 0) is 115 Å². The fourth-order valence-corrected chi connectivity index (χ4v) is 11.2. The van der Waals surface area contributed by atoms with Crippen molar-refractivity contribution in [2.45, 2.75) is 0 Å². The summed E-state index contributed by atoms with van der Waals surface area (Å²) >= 11 is 0. The second-order valence-corrected chi connectivity index (χ2v) is 18.1. The third-order valence-electron chi connectivity index (χ3n) is 14.2. The van der Waals surface area contributed by atoms with Crippen LogP contribution in [0.2, 0.25) is 0 Å². The highest BCUT2D eigenvalue weighted by Crippen LogP contribution is 2.51. The van der Waals surface area contributed by atoms with Gasteiger partial charge in [-0.1, -0.05) is 182 Å². The van der Waals surface area contributed by atoms with Crippen molar-refractivity contribution < 1.29 is 0 Å². The summed E-state index contributed by atoms with van der Waals surface area (Å²) in [7, 11) is 0. The van der Waals surface area contributed by atoms with Gasteiger partial charge in [-0.3, -0.25) is 9.97 Å². The van der Waals surface area contributed by atoms with Crippen molar-refractivity contribution in [2.75, 3.05) is 0 Å². The first-order valence-electron chi connectivity index (χ1n) is 23.9. The van der Waals surface area contributed by atoms with Crippen LogP contribution in [-0.2, 0) is 0 Å². The number of benzene rings is 10. The third kappa shape index (κ3) is 6.24. The number of pyridine rings is 2. The molecule has 4 nitrogen and oxygen atoms in total. The summed E-state index contributed by atoms with van der Waals surface area (Å²) in [5.74, 6) is 0. The first-order valence-corrected chi connectivity index (χ1v) is 23.9. The predicted octanol–water partition coefficient (Wildman–Crippen LogP) is 17.3. The van der Waals surface area contributed by atoms with E-state index in [1.807, 2.05) is 36.9 Å². The lowest BCUT2D eigenvalue weighted by Crippen LogP contribution is -1.99. The normalized spacial score (nSPS) is 11.7. The van der Waals surface area contributed by atoms with E-state index < -0.39 is 0 Å². The standard InChI is InChI=1S/C66H42N4/c1-5-15-45(16-6-1)61-57-39-49-29-36-56-60-50(30-35-55(59(49)60)65(57)69(63(61)47-19-9-3-10-20-47)53-31-25-43(26-32-53)51-23-13-37-67-41-51)40-58-62(46-17-7-2-8-18-46)64(48-21-11-4-12-22-48)70(66(56)58)54-33-27-44(28-34-54)52-24-14-38-68-42-52/h1-42H. The quantitative estimate of drug-likeness (QED) is 0.143. The van der Waals surface area contributed by atoms with Crippen molar-refractivity contribution in [1.82, 2.24) is 19.1 Å². The van der Waals surface area contributed by atoms with Crippen molar-refractivity contribution in [1.29, 1.82) is 0 Å². The number of hydrogen-bond acceptors (Lipinski definition) is 2. The van der Waals surface area contributed by atoms with Gasteiger partial charge in [0.1, 0.15) is 0 Å². The SMILES string of the molecule is c1ccc(-c2c(-c3ccccc3)n(-c3ccc(-c4cccnc4)cc3)c3c2cc2ccc4c5c(ccc3c25)cc2c(-c3ccccc3)c(-c3ccccc3)n(-c3ccc(-c5cccnc5)cc3)c24)cc1. The fraction of sp³-hybridized carbons (Fsp3) is 0. The van der Waals surface area contributed by atoms with Gasteiger partial charge in [0.25, 0.3) is 0 Å². The topological polar surface area (TPSA) is 35.6 Å². The van der Waals surface area contributed by atoms with Gasteiger partial charge in [-0.25, -0.2) is 0 Å². The zero-order valence-electron chi connectivity index (χ0n) is 38.0. The molecule has 0 N–H and O–H groups in total. The van der Waals surface area contributed by atoms with E-state index in [2.05, 4.69) is 237 Å². The molecule has 0 aliphatic carbocycles. The molecular formula is C66H42N4. The summed E-state index contributed by atoms with van der Waals surface area (Å²) in [6, 6.07) is 84.3. The molecule has 0 saturated carbocycles. The smallest absolute Gasteiger partial charge is 0.0620 e. The van der Waals surface area contributed by atoms with Crippen LogP contribution in [-0.4, -0.2) is 19.1 Å². The number of aromatic nitrogens is 4. The van der Waals surface area contributed by atoms with Gasteiger partial charge in [0.15, 0.2) is 0 Å². The highest BCUT2D eigenvalue weighted by atomic mass is 15.0. The molecule has 4 aromatic heterocycles. The Bertz CT molecular complexity index is 3920. The lowest BCUT2D eigenvalue weighted by Gasteiger charge is -2.18. The number of fused-ring (bicyclic) bond motifs is 4. The second kappa shape index (κ2) is 16.2. The van der Waals surface area contributed by atoms with Gasteiger partial charge in [-0.15, -0.1) is 0 Å². The zero-order chi connectivity index (χ0) is 46.1. The molecule has 0 unspecified atom stereocenters. The lowest BCUT2D eigenvalue weighted by atomic mass is 9.89. The number of hydrogen-bond donors (Lipinski definition) is 0. The van der Waals surface area contributed by atoms with Crippen LogP contribution in [0.25, 0.3) is 133 Å². The Kier molecular flexibility index (Phi) is 9.17. The van der Waals surface area contributed by atoms with E-state index in [4.69, 9.17) is 0 Å². The minimum atomic E-state index is 1.09. The molecule has 0 atom stereocenters. The van der Waals surface area contributed by atoms with Crippen LogP contribution in [0.15, 0.2) is 255 Å². The van der Waals surface area contributed by atoms with Crippen molar-refractivity contribution in [3.63, 3.8) is 0 Å². The molecular weight excluding hydrogens is 849 g/mol. The monoisotopic (exact) mass is 890 g/mol. The molecule has 0 saturated heterocycles. The minimum absolute atomic E-state index is 1.09. The molecule has 10 aromatic carbocycles.